The molecule has 1 aromatic rings. The summed E-state index contributed by atoms with van der Waals surface area (Å²) in [6, 6.07) is 8.13. The van der Waals surface area contributed by atoms with Crippen molar-refractivity contribution >= 4 is 5.91 Å². The molecule has 1 aromatic carbocycles. The van der Waals surface area contributed by atoms with Crippen LogP contribution < -0.4 is 10.1 Å². The number of rotatable bonds is 7. The first-order valence-corrected chi connectivity index (χ1v) is 6.24. The highest BCUT2D eigenvalue weighted by molar-refractivity contribution is 5.75. The van der Waals surface area contributed by atoms with E-state index in [0.29, 0.717) is 19.6 Å². The third-order valence-corrected chi connectivity index (χ3v) is 2.48. The molecule has 0 atom stereocenters. The summed E-state index contributed by atoms with van der Waals surface area (Å²) in [7, 11) is 0. The summed E-state index contributed by atoms with van der Waals surface area (Å²) in [5.74, 6) is 0.919. The topological polar surface area (TPSA) is 38.3 Å². The molecule has 1 N–H and O–H groups in total. The van der Waals surface area contributed by atoms with Gasteiger partial charge in [-0.3, -0.25) is 4.79 Å². The van der Waals surface area contributed by atoms with Gasteiger partial charge in [0.25, 0.3) is 0 Å². The SMILES string of the molecule is CCCc1ccc(OCCNC(=O)CC)cc1. The molecule has 0 aliphatic carbocycles. The number of hydrogen-bond acceptors (Lipinski definition) is 2. The summed E-state index contributed by atoms with van der Waals surface area (Å²) in [4.78, 5) is 11.0. The van der Waals surface area contributed by atoms with Gasteiger partial charge in [-0.25, -0.2) is 0 Å². The number of ether oxygens (including phenoxy) is 1. The molecule has 0 bridgehead atoms. The Bertz CT molecular complexity index is 333. The van der Waals surface area contributed by atoms with Crippen LogP contribution in [-0.2, 0) is 11.2 Å². The molecule has 0 aromatic heterocycles. The van der Waals surface area contributed by atoms with Gasteiger partial charge in [0.05, 0.1) is 6.54 Å². The first kappa shape index (κ1) is 13.6. The standard InChI is InChI=1S/C14H21NO2/c1-3-5-12-6-8-13(9-7-12)17-11-10-15-14(16)4-2/h6-9H,3-5,10-11H2,1-2H3,(H,15,16). The maximum Gasteiger partial charge on any atom is 0.219 e. The van der Waals surface area contributed by atoms with Crippen LogP contribution in [0.3, 0.4) is 0 Å². The van der Waals surface area contributed by atoms with Crippen molar-refractivity contribution in [1.82, 2.24) is 5.32 Å². The van der Waals surface area contributed by atoms with Crippen LogP contribution in [0.2, 0.25) is 0 Å². The molecule has 94 valence electrons. The normalized spacial score (nSPS) is 10.0. The van der Waals surface area contributed by atoms with E-state index in [0.717, 1.165) is 18.6 Å². The van der Waals surface area contributed by atoms with Crippen LogP contribution in [0.15, 0.2) is 24.3 Å². The second kappa shape index (κ2) is 7.71. The Morgan fingerprint density at radius 1 is 1.24 bits per heavy atom. The van der Waals surface area contributed by atoms with E-state index in [1.54, 1.807) is 0 Å². The summed E-state index contributed by atoms with van der Waals surface area (Å²) in [5.41, 5.74) is 1.33. The molecule has 3 heteroatoms. The van der Waals surface area contributed by atoms with Crippen LogP contribution in [0.4, 0.5) is 0 Å². The minimum absolute atomic E-state index is 0.0619. The molecule has 17 heavy (non-hydrogen) atoms. The molecular weight excluding hydrogens is 214 g/mol. The van der Waals surface area contributed by atoms with Crippen molar-refractivity contribution in [3.8, 4) is 5.75 Å². The number of carbonyl (C=O) groups is 1. The number of carbonyl (C=O) groups excluding carboxylic acids is 1. The van der Waals surface area contributed by atoms with Crippen molar-refractivity contribution in [3.63, 3.8) is 0 Å². The molecule has 0 saturated carbocycles. The van der Waals surface area contributed by atoms with E-state index in [-0.39, 0.29) is 5.91 Å². The molecule has 0 unspecified atom stereocenters. The fraction of sp³-hybridized carbons (Fsp3) is 0.500. The number of benzene rings is 1. The lowest BCUT2D eigenvalue weighted by atomic mass is 10.1. The predicted molar refractivity (Wildman–Crippen MR) is 69.2 cm³/mol. The zero-order valence-electron chi connectivity index (χ0n) is 10.7. The maximum absolute atomic E-state index is 11.0. The summed E-state index contributed by atoms with van der Waals surface area (Å²) < 4.78 is 5.52. The van der Waals surface area contributed by atoms with Gasteiger partial charge >= 0.3 is 0 Å². The van der Waals surface area contributed by atoms with Crippen molar-refractivity contribution in [1.29, 1.82) is 0 Å². The number of amides is 1. The summed E-state index contributed by atoms with van der Waals surface area (Å²) in [6.45, 7) is 5.08. The number of nitrogens with one attached hydrogen (secondary N) is 1. The van der Waals surface area contributed by atoms with Crippen LogP contribution in [0.25, 0.3) is 0 Å². The smallest absolute Gasteiger partial charge is 0.219 e. The third-order valence-electron chi connectivity index (χ3n) is 2.48. The predicted octanol–water partition coefficient (Wildman–Crippen LogP) is 2.54. The lowest BCUT2D eigenvalue weighted by Gasteiger charge is -2.07. The van der Waals surface area contributed by atoms with Crippen molar-refractivity contribution in [2.45, 2.75) is 33.1 Å². The Morgan fingerprint density at radius 2 is 1.94 bits per heavy atom. The highest BCUT2D eigenvalue weighted by Crippen LogP contribution is 2.12. The van der Waals surface area contributed by atoms with E-state index in [4.69, 9.17) is 4.74 Å². The van der Waals surface area contributed by atoms with Crippen LogP contribution in [0.5, 0.6) is 5.75 Å². The fourth-order valence-corrected chi connectivity index (χ4v) is 1.53. The fourth-order valence-electron chi connectivity index (χ4n) is 1.53. The van der Waals surface area contributed by atoms with Gasteiger partial charge in [0.1, 0.15) is 12.4 Å². The monoisotopic (exact) mass is 235 g/mol. The van der Waals surface area contributed by atoms with Gasteiger partial charge in [0, 0.05) is 6.42 Å². The molecule has 3 nitrogen and oxygen atoms in total. The van der Waals surface area contributed by atoms with E-state index >= 15 is 0 Å². The van der Waals surface area contributed by atoms with Crippen LogP contribution in [0.1, 0.15) is 32.3 Å². The van der Waals surface area contributed by atoms with Crippen LogP contribution in [-0.4, -0.2) is 19.1 Å². The molecule has 0 radical (unpaired) electrons. The molecule has 1 rings (SSSR count). The van der Waals surface area contributed by atoms with E-state index in [1.165, 1.54) is 5.56 Å². The molecule has 0 aliphatic heterocycles. The average Bonchev–Trinajstić information content (AvgIpc) is 2.36. The van der Waals surface area contributed by atoms with Gasteiger partial charge < -0.3 is 10.1 Å². The van der Waals surface area contributed by atoms with Crippen molar-refractivity contribution in [2.75, 3.05) is 13.2 Å². The van der Waals surface area contributed by atoms with Crippen molar-refractivity contribution in [2.24, 2.45) is 0 Å². The Kier molecular flexibility index (Phi) is 6.15. The van der Waals surface area contributed by atoms with Crippen molar-refractivity contribution < 1.29 is 9.53 Å². The van der Waals surface area contributed by atoms with Crippen molar-refractivity contribution in [3.05, 3.63) is 29.8 Å². The molecule has 0 saturated heterocycles. The summed E-state index contributed by atoms with van der Waals surface area (Å²) in [6.07, 6.45) is 2.78. The highest BCUT2D eigenvalue weighted by atomic mass is 16.5. The lowest BCUT2D eigenvalue weighted by molar-refractivity contribution is -0.120. The van der Waals surface area contributed by atoms with E-state index in [2.05, 4.69) is 24.4 Å². The van der Waals surface area contributed by atoms with E-state index in [1.807, 2.05) is 19.1 Å². The lowest BCUT2D eigenvalue weighted by Crippen LogP contribution is -2.27. The molecule has 0 heterocycles. The summed E-state index contributed by atoms with van der Waals surface area (Å²) in [5, 5.41) is 2.77. The maximum atomic E-state index is 11.0. The number of hydrogen-bond donors (Lipinski definition) is 1. The molecule has 1 amide bonds. The molecule has 0 aliphatic rings. The zero-order chi connectivity index (χ0) is 12.5. The van der Waals surface area contributed by atoms with Crippen LogP contribution in [0, 0.1) is 0 Å². The van der Waals surface area contributed by atoms with Gasteiger partial charge in [-0.15, -0.1) is 0 Å². The van der Waals surface area contributed by atoms with E-state index in [9.17, 15) is 4.79 Å². The minimum Gasteiger partial charge on any atom is -0.492 e. The van der Waals surface area contributed by atoms with Gasteiger partial charge in [-0.2, -0.15) is 0 Å². The average molecular weight is 235 g/mol. The Labute approximate surface area is 103 Å². The number of aryl methyl sites for hydroxylation is 1. The van der Waals surface area contributed by atoms with Gasteiger partial charge in [0.2, 0.25) is 5.91 Å². The first-order valence-electron chi connectivity index (χ1n) is 6.24. The minimum atomic E-state index is 0.0619. The Balaban J connectivity index is 2.25. The largest absolute Gasteiger partial charge is 0.492 e. The molecule has 0 fully saturated rings. The second-order valence-corrected chi connectivity index (χ2v) is 3.95. The second-order valence-electron chi connectivity index (χ2n) is 3.95. The van der Waals surface area contributed by atoms with Crippen LogP contribution >= 0.6 is 0 Å². The molecule has 0 spiro atoms. The summed E-state index contributed by atoms with van der Waals surface area (Å²) >= 11 is 0. The Morgan fingerprint density at radius 3 is 2.53 bits per heavy atom. The quantitative estimate of drug-likeness (QED) is 0.738. The Hall–Kier alpha value is -1.51. The molecular formula is C14H21NO2. The zero-order valence-corrected chi connectivity index (χ0v) is 10.7. The first-order chi connectivity index (χ1) is 8.26. The van der Waals surface area contributed by atoms with Gasteiger partial charge in [-0.05, 0) is 24.1 Å². The van der Waals surface area contributed by atoms with Gasteiger partial charge in [0.15, 0.2) is 0 Å². The third kappa shape index (κ3) is 5.38. The highest BCUT2D eigenvalue weighted by Gasteiger charge is 1.97. The van der Waals surface area contributed by atoms with Gasteiger partial charge in [-0.1, -0.05) is 32.4 Å². The van der Waals surface area contributed by atoms with E-state index < -0.39 is 0 Å².